The molecule has 14 heavy (non-hydrogen) atoms. The van der Waals surface area contributed by atoms with Gasteiger partial charge in [-0.25, -0.2) is 9.18 Å². The van der Waals surface area contributed by atoms with Crippen LogP contribution < -0.4 is 10.6 Å². The molecule has 0 atom stereocenters. The van der Waals surface area contributed by atoms with Gasteiger partial charge in [0.15, 0.2) is 5.82 Å². The first-order valence-electron chi connectivity index (χ1n) is 4.26. The molecular weight excluding hydrogens is 185 g/mol. The van der Waals surface area contributed by atoms with Crippen molar-refractivity contribution in [3.05, 3.63) is 24.3 Å². The number of aromatic nitrogens is 1. The fourth-order valence-electron chi connectivity index (χ4n) is 0.897. The highest BCUT2D eigenvalue weighted by molar-refractivity contribution is 5.89. The van der Waals surface area contributed by atoms with E-state index in [4.69, 9.17) is 0 Å². The lowest BCUT2D eigenvalue weighted by Gasteiger charge is -2.09. The Bertz CT molecular complexity index is 328. The highest BCUT2D eigenvalue weighted by Gasteiger charge is 2.06. The maximum absolute atomic E-state index is 13.0. The van der Waals surface area contributed by atoms with Crippen LogP contribution in [0.2, 0.25) is 0 Å². The molecule has 76 valence electrons. The second-order valence-corrected chi connectivity index (χ2v) is 3.11. The normalized spacial score (nSPS) is 10.0. The monoisotopic (exact) mass is 197 g/mol. The van der Waals surface area contributed by atoms with E-state index in [1.54, 1.807) is 0 Å². The van der Waals surface area contributed by atoms with Crippen LogP contribution in [0.5, 0.6) is 0 Å². The lowest BCUT2D eigenvalue weighted by atomic mass is 10.4. The average Bonchev–Trinajstić information content (AvgIpc) is 2.07. The molecule has 0 aliphatic carbocycles. The first kappa shape index (κ1) is 10.4. The van der Waals surface area contributed by atoms with Gasteiger partial charge in [-0.1, -0.05) is 0 Å². The maximum atomic E-state index is 13.0. The minimum atomic E-state index is -0.550. The van der Waals surface area contributed by atoms with Crippen molar-refractivity contribution < 1.29 is 9.18 Å². The van der Waals surface area contributed by atoms with Gasteiger partial charge in [-0.3, -0.25) is 4.98 Å². The summed E-state index contributed by atoms with van der Waals surface area (Å²) in [5.41, 5.74) is 0.123. The minimum absolute atomic E-state index is 0.0138. The van der Waals surface area contributed by atoms with E-state index in [1.807, 2.05) is 13.8 Å². The van der Waals surface area contributed by atoms with Gasteiger partial charge in [-0.2, -0.15) is 0 Å². The first-order valence-corrected chi connectivity index (χ1v) is 4.26. The average molecular weight is 197 g/mol. The summed E-state index contributed by atoms with van der Waals surface area (Å²) in [4.78, 5) is 14.7. The van der Waals surface area contributed by atoms with Crippen molar-refractivity contribution in [3.63, 3.8) is 0 Å². The van der Waals surface area contributed by atoms with Crippen LogP contribution in [-0.2, 0) is 0 Å². The predicted molar refractivity (Wildman–Crippen MR) is 51.5 cm³/mol. The summed E-state index contributed by atoms with van der Waals surface area (Å²) >= 11 is 0. The topological polar surface area (TPSA) is 54.0 Å². The van der Waals surface area contributed by atoms with Gasteiger partial charge in [-0.15, -0.1) is 0 Å². The molecule has 0 aliphatic rings. The predicted octanol–water partition coefficient (Wildman–Crippen LogP) is 1.75. The van der Waals surface area contributed by atoms with Crippen molar-refractivity contribution >= 4 is 11.7 Å². The molecular formula is C9H12FN3O. The molecule has 0 radical (unpaired) electrons. The Labute approximate surface area is 81.5 Å². The lowest BCUT2D eigenvalue weighted by molar-refractivity contribution is 0.250. The van der Waals surface area contributed by atoms with E-state index in [9.17, 15) is 9.18 Å². The van der Waals surface area contributed by atoms with Crippen LogP contribution in [0.3, 0.4) is 0 Å². The number of carbonyl (C=O) groups is 1. The zero-order valence-electron chi connectivity index (χ0n) is 8.04. The second-order valence-electron chi connectivity index (χ2n) is 3.11. The summed E-state index contributed by atoms with van der Waals surface area (Å²) in [7, 11) is 0. The number of hydrogen-bond donors (Lipinski definition) is 2. The number of pyridine rings is 1. The molecule has 1 rings (SSSR count). The zero-order chi connectivity index (χ0) is 10.6. The third kappa shape index (κ3) is 3.01. The van der Waals surface area contributed by atoms with Crippen molar-refractivity contribution in [2.45, 2.75) is 19.9 Å². The van der Waals surface area contributed by atoms with Gasteiger partial charge >= 0.3 is 6.03 Å². The Balaban J connectivity index is 2.61. The fraction of sp³-hybridized carbons (Fsp3) is 0.333. The molecule has 1 aromatic heterocycles. The van der Waals surface area contributed by atoms with Crippen molar-refractivity contribution in [1.82, 2.24) is 10.3 Å². The third-order valence-corrected chi connectivity index (χ3v) is 1.44. The molecule has 0 saturated carbocycles. The third-order valence-electron chi connectivity index (χ3n) is 1.44. The lowest BCUT2D eigenvalue weighted by Crippen LogP contribution is -2.34. The van der Waals surface area contributed by atoms with E-state index in [0.29, 0.717) is 0 Å². The number of anilines is 1. The maximum Gasteiger partial charge on any atom is 0.319 e. The standard InChI is InChI=1S/C9H12FN3O/c1-6(2)12-9(14)13-8-3-4-11-5-7(8)10/h3-6H,1-2H3,(H2,11,12,13,14). The number of amides is 2. The Morgan fingerprint density at radius 1 is 1.57 bits per heavy atom. The summed E-state index contributed by atoms with van der Waals surface area (Å²) < 4.78 is 13.0. The van der Waals surface area contributed by atoms with Gasteiger partial charge in [-0.05, 0) is 19.9 Å². The van der Waals surface area contributed by atoms with Crippen LogP contribution in [0.4, 0.5) is 14.9 Å². The van der Waals surface area contributed by atoms with Crippen molar-refractivity contribution in [1.29, 1.82) is 0 Å². The summed E-state index contributed by atoms with van der Waals surface area (Å²) in [6.45, 7) is 3.64. The van der Waals surface area contributed by atoms with Crippen LogP contribution >= 0.6 is 0 Å². The van der Waals surface area contributed by atoms with E-state index < -0.39 is 11.8 Å². The molecule has 0 fully saturated rings. The van der Waals surface area contributed by atoms with Gasteiger partial charge in [0, 0.05) is 12.2 Å². The van der Waals surface area contributed by atoms with Gasteiger partial charge in [0.05, 0.1) is 11.9 Å². The van der Waals surface area contributed by atoms with Crippen molar-refractivity contribution in [2.75, 3.05) is 5.32 Å². The number of hydrogen-bond acceptors (Lipinski definition) is 2. The molecule has 4 nitrogen and oxygen atoms in total. The summed E-state index contributed by atoms with van der Waals surface area (Å²) in [5.74, 6) is -0.550. The SMILES string of the molecule is CC(C)NC(=O)Nc1ccncc1F. The molecule has 2 amide bonds. The van der Waals surface area contributed by atoms with Crippen molar-refractivity contribution in [3.8, 4) is 0 Å². The van der Waals surface area contributed by atoms with Crippen LogP contribution in [0.1, 0.15) is 13.8 Å². The summed E-state index contributed by atoms with van der Waals surface area (Å²) in [6, 6.07) is 0.986. The molecule has 1 aromatic rings. The fourth-order valence-corrected chi connectivity index (χ4v) is 0.897. The van der Waals surface area contributed by atoms with E-state index in [0.717, 1.165) is 6.20 Å². The van der Waals surface area contributed by atoms with Crippen LogP contribution in [0.15, 0.2) is 18.5 Å². The molecule has 2 N–H and O–H groups in total. The van der Waals surface area contributed by atoms with Gasteiger partial charge < -0.3 is 10.6 Å². The van der Waals surface area contributed by atoms with Crippen molar-refractivity contribution in [2.24, 2.45) is 0 Å². The molecule has 5 heteroatoms. The molecule has 0 bridgehead atoms. The molecule has 0 unspecified atom stereocenters. The number of nitrogens with one attached hydrogen (secondary N) is 2. The number of nitrogens with zero attached hydrogens (tertiary/aromatic N) is 1. The van der Waals surface area contributed by atoms with Gasteiger partial charge in [0.1, 0.15) is 0 Å². The van der Waals surface area contributed by atoms with Gasteiger partial charge in [0.25, 0.3) is 0 Å². The Hall–Kier alpha value is -1.65. The second kappa shape index (κ2) is 4.55. The largest absolute Gasteiger partial charge is 0.336 e. The first-order chi connectivity index (χ1) is 6.59. The smallest absolute Gasteiger partial charge is 0.319 e. The number of urea groups is 1. The van der Waals surface area contributed by atoms with Crippen LogP contribution in [-0.4, -0.2) is 17.1 Å². The number of carbonyl (C=O) groups excluding carboxylic acids is 1. The molecule has 0 saturated heterocycles. The molecule has 1 heterocycles. The molecule has 0 aromatic carbocycles. The molecule has 0 spiro atoms. The minimum Gasteiger partial charge on any atom is -0.336 e. The number of halogens is 1. The van der Waals surface area contributed by atoms with E-state index in [1.165, 1.54) is 12.3 Å². The Morgan fingerprint density at radius 3 is 2.86 bits per heavy atom. The van der Waals surface area contributed by atoms with E-state index >= 15 is 0 Å². The Kier molecular flexibility index (Phi) is 3.39. The molecule has 0 aliphatic heterocycles. The highest BCUT2D eigenvalue weighted by atomic mass is 19.1. The summed E-state index contributed by atoms with van der Waals surface area (Å²) in [5, 5.41) is 4.96. The highest BCUT2D eigenvalue weighted by Crippen LogP contribution is 2.10. The Morgan fingerprint density at radius 2 is 2.29 bits per heavy atom. The zero-order valence-corrected chi connectivity index (χ0v) is 8.04. The van der Waals surface area contributed by atoms with Gasteiger partial charge in [0.2, 0.25) is 0 Å². The van der Waals surface area contributed by atoms with E-state index in [2.05, 4.69) is 15.6 Å². The summed E-state index contributed by atoms with van der Waals surface area (Å²) in [6.07, 6.45) is 2.46. The van der Waals surface area contributed by atoms with E-state index in [-0.39, 0.29) is 11.7 Å². The van der Waals surface area contributed by atoms with Crippen LogP contribution in [0, 0.1) is 5.82 Å². The number of rotatable bonds is 2. The van der Waals surface area contributed by atoms with Crippen LogP contribution in [0.25, 0.3) is 0 Å². The quantitative estimate of drug-likeness (QED) is 0.758.